The number of nitrogens with two attached hydrogens (primary N) is 1. The van der Waals surface area contributed by atoms with Crippen LogP contribution in [0, 0.1) is 0 Å². The summed E-state index contributed by atoms with van der Waals surface area (Å²) in [5.41, 5.74) is 6.02. The zero-order chi connectivity index (χ0) is 9.97. The fourth-order valence-corrected chi connectivity index (χ4v) is 1.06. The van der Waals surface area contributed by atoms with Gasteiger partial charge in [-0.25, -0.2) is 4.98 Å². The minimum atomic E-state index is -0.564. The predicted octanol–water partition coefficient (Wildman–Crippen LogP) is -0.0344. The molecule has 0 aliphatic rings. The van der Waals surface area contributed by atoms with Crippen LogP contribution in [-0.2, 0) is 0 Å². The zero-order valence-corrected chi connectivity index (χ0v) is 7.14. The molecule has 0 spiro atoms. The van der Waals surface area contributed by atoms with Crippen molar-refractivity contribution < 1.29 is 4.79 Å². The summed E-state index contributed by atoms with van der Waals surface area (Å²) in [4.78, 5) is 18.6. The summed E-state index contributed by atoms with van der Waals surface area (Å²) < 4.78 is 0. The summed E-state index contributed by atoms with van der Waals surface area (Å²) in [6.07, 6.45) is 2.89. The van der Waals surface area contributed by atoms with Gasteiger partial charge in [0.15, 0.2) is 5.82 Å². The van der Waals surface area contributed by atoms with Crippen LogP contribution in [0.2, 0.25) is 0 Å². The second kappa shape index (κ2) is 3.25. The fourth-order valence-electron chi connectivity index (χ4n) is 1.06. The molecule has 3 N–H and O–H groups in total. The molecular formula is C8H7N5O. The van der Waals surface area contributed by atoms with E-state index in [0.29, 0.717) is 5.82 Å². The molecule has 2 aromatic heterocycles. The Balaban J connectivity index is 2.46. The molecule has 0 aliphatic heterocycles. The molecular weight excluding hydrogens is 182 g/mol. The van der Waals surface area contributed by atoms with Gasteiger partial charge in [-0.2, -0.15) is 5.10 Å². The van der Waals surface area contributed by atoms with Gasteiger partial charge in [-0.3, -0.25) is 14.9 Å². The van der Waals surface area contributed by atoms with Crippen LogP contribution < -0.4 is 5.73 Å². The number of carbonyl (C=O) groups excluding carboxylic acids is 1. The van der Waals surface area contributed by atoms with Crippen molar-refractivity contribution in [2.45, 2.75) is 0 Å². The molecule has 0 bridgehead atoms. The molecule has 1 amide bonds. The molecule has 2 aromatic rings. The molecule has 6 nitrogen and oxygen atoms in total. The van der Waals surface area contributed by atoms with E-state index in [1.165, 1.54) is 12.5 Å². The standard InChI is InChI=1S/C8H7N5O/c9-7(14)6-3-5(1-2-10-6)8-11-4-12-13-8/h1-4H,(H2,9,14)(H,11,12,13). The number of H-pyrrole nitrogens is 1. The van der Waals surface area contributed by atoms with Crippen LogP contribution >= 0.6 is 0 Å². The first-order valence-corrected chi connectivity index (χ1v) is 3.89. The van der Waals surface area contributed by atoms with E-state index < -0.39 is 5.91 Å². The van der Waals surface area contributed by atoms with Crippen LogP contribution in [0.5, 0.6) is 0 Å². The Labute approximate surface area is 79.2 Å². The SMILES string of the molecule is NC(=O)c1cc(-c2ncn[nH]2)ccn1. The van der Waals surface area contributed by atoms with E-state index in [2.05, 4.69) is 20.2 Å². The van der Waals surface area contributed by atoms with Gasteiger partial charge in [-0.05, 0) is 12.1 Å². The van der Waals surface area contributed by atoms with E-state index in [1.54, 1.807) is 12.1 Å². The van der Waals surface area contributed by atoms with Crippen LogP contribution in [-0.4, -0.2) is 26.1 Å². The Bertz CT molecular complexity index is 451. The molecule has 0 radical (unpaired) electrons. The van der Waals surface area contributed by atoms with Crippen molar-refractivity contribution in [3.63, 3.8) is 0 Å². The van der Waals surface area contributed by atoms with E-state index in [4.69, 9.17) is 5.73 Å². The van der Waals surface area contributed by atoms with Crippen molar-refractivity contribution in [3.05, 3.63) is 30.4 Å². The first-order chi connectivity index (χ1) is 6.77. The summed E-state index contributed by atoms with van der Waals surface area (Å²) in [6.45, 7) is 0. The Morgan fingerprint density at radius 2 is 2.29 bits per heavy atom. The lowest BCUT2D eigenvalue weighted by Crippen LogP contribution is -2.12. The maximum atomic E-state index is 10.8. The van der Waals surface area contributed by atoms with Gasteiger partial charge in [0.2, 0.25) is 0 Å². The summed E-state index contributed by atoms with van der Waals surface area (Å²) in [6, 6.07) is 3.27. The number of hydrogen-bond acceptors (Lipinski definition) is 4. The third kappa shape index (κ3) is 1.45. The molecule has 0 unspecified atom stereocenters. The Morgan fingerprint density at radius 1 is 1.43 bits per heavy atom. The van der Waals surface area contributed by atoms with Crippen LogP contribution in [0.4, 0.5) is 0 Å². The van der Waals surface area contributed by atoms with Crippen LogP contribution in [0.15, 0.2) is 24.7 Å². The maximum absolute atomic E-state index is 10.8. The molecule has 0 atom stereocenters. The lowest BCUT2D eigenvalue weighted by Gasteiger charge is -1.97. The third-order valence-corrected chi connectivity index (χ3v) is 1.70. The number of hydrogen-bond donors (Lipinski definition) is 2. The molecule has 2 heterocycles. The Morgan fingerprint density at radius 3 is 2.93 bits per heavy atom. The van der Waals surface area contributed by atoms with Gasteiger partial charge in [0.25, 0.3) is 5.91 Å². The molecule has 70 valence electrons. The lowest BCUT2D eigenvalue weighted by molar-refractivity contribution is 0.0995. The highest BCUT2D eigenvalue weighted by atomic mass is 16.1. The third-order valence-electron chi connectivity index (χ3n) is 1.70. The number of pyridine rings is 1. The summed E-state index contributed by atoms with van der Waals surface area (Å²) in [7, 11) is 0. The van der Waals surface area contributed by atoms with Gasteiger partial charge in [-0.1, -0.05) is 0 Å². The first kappa shape index (κ1) is 8.36. The molecule has 0 aliphatic carbocycles. The van der Waals surface area contributed by atoms with Gasteiger partial charge in [0.1, 0.15) is 12.0 Å². The first-order valence-electron chi connectivity index (χ1n) is 3.89. The highest BCUT2D eigenvalue weighted by molar-refractivity contribution is 5.91. The number of nitrogens with one attached hydrogen (secondary N) is 1. The van der Waals surface area contributed by atoms with Gasteiger partial charge >= 0.3 is 0 Å². The number of rotatable bonds is 2. The highest BCUT2D eigenvalue weighted by Crippen LogP contribution is 2.12. The molecule has 6 heteroatoms. The summed E-state index contributed by atoms with van der Waals surface area (Å²) in [5, 5.41) is 6.38. The van der Waals surface area contributed by atoms with Crippen molar-refractivity contribution in [3.8, 4) is 11.4 Å². The quantitative estimate of drug-likeness (QED) is 0.692. The molecule has 0 saturated heterocycles. The Kier molecular flexibility index (Phi) is 1.94. The van der Waals surface area contributed by atoms with Gasteiger partial charge < -0.3 is 5.73 Å². The fraction of sp³-hybridized carbons (Fsp3) is 0. The van der Waals surface area contributed by atoms with Crippen molar-refractivity contribution in [2.75, 3.05) is 0 Å². The van der Waals surface area contributed by atoms with Gasteiger partial charge in [-0.15, -0.1) is 0 Å². The van der Waals surface area contributed by atoms with Crippen molar-refractivity contribution in [1.82, 2.24) is 20.2 Å². The minimum absolute atomic E-state index is 0.207. The number of aromatic amines is 1. The highest BCUT2D eigenvalue weighted by Gasteiger charge is 2.05. The number of nitrogens with zero attached hydrogens (tertiary/aromatic N) is 3. The van der Waals surface area contributed by atoms with E-state index in [9.17, 15) is 4.79 Å². The normalized spacial score (nSPS) is 10.0. The number of aromatic nitrogens is 4. The lowest BCUT2D eigenvalue weighted by atomic mass is 10.2. The summed E-state index contributed by atoms with van der Waals surface area (Å²) >= 11 is 0. The van der Waals surface area contributed by atoms with Crippen LogP contribution in [0.3, 0.4) is 0 Å². The monoisotopic (exact) mass is 189 g/mol. The average Bonchev–Trinajstić information content (AvgIpc) is 2.71. The molecule has 0 fully saturated rings. The number of amides is 1. The molecule has 0 saturated carbocycles. The topological polar surface area (TPSA) is 97.5 Å². The second-order valence-corrected chi connectivity index (χ2v) is 2.63. The second-order valence-electron chi connectivity index (χ2n) is 2.63. The smallest absolute Gasteiger partial charge is 0.267 e. The van der Waals surface area contributed by atoms with E-state index in [1.807, 2.05) is 0 Å². The Hall–Kier alpha value is -2.24. The zero-order valence-electron chi connectivity index (χ0n) is 7.14. The van der Waals surface area contributed by atoms with E-state index >= 15 is 0 Å². The van der Waals surface area contributed by atoms with E-state index in [-0.39, 0.29) is 5.69 Å². The van der Waals surface area contributed by atoms with Gasteiger partial charge in [0.05, 0.1) is 0 Å². The number of carbonyl (C=O) groups is 1. The molecule has 14 heavy (non-hydrogen) atoms. The molecule has 2 rings (SSSR count). The van der Waals surface area contributed by atoms with Crippen molar-refractivity contribution in [2.24, 2.45) is 5.73 Å². The maximum Gasteiger partial charge on any atom is 0.267 e. The average molecular weight is 189 g/mol. The van der Waals surface area contributed by atoms with Crippen molar-refractivity contribution >= 4 is 5.91 Å². The van der Waals surface area contributed by atoms with Crippen molar-refractivity contribution in [1.29, 1.82) is 0 Å². The van der Waals surface area contributed by atoms with Crippen LogP contribution in [0.25, 0.3) is 11.4 Å². The summed E-state index contributed by atoms with van der Waals surface area (Å²) in [5.74, 6) is 0.0151. The largest absolute Gasteiger partial charge is 0.364 e. The van der Waals surface area contributed by atoms with Crippen LogP contribution in [0.1, 0.15) is 10.5 Å². The van der Waals surface area contributed by atoms with E-state index in [0.717, 1.165) is 5.56 Å². The predicted molar refractivity (Wildman–Crippen MR) is 48.1 cm³/mol. The minimum Gasteiger partial charge on any atom is -0.364 e. The number of primary amides is 1. The molecule has 0 aromatic carbocycles. The van der Waals surface area contributed by atoms with Gasteiger partial charge in [0, 0.05) is 11.8 Å².